The van der Waals surface area contributed by atoms with Crippen molar-refractivity contribution < 1.29 is 0 Å². The predicted octanol–water partition coefficient (Wildman–Crippen LogP) is 2.07. The van der Waals surface area contributed by atoms with Crippen molar-refractivity contribution in [3.8, 4) is 5.69 Å². The number of nitrogens with two attached hydrogens (primary N) is 1. The Morgan fingerprint density at radius 2 is 2.27 bits per heavy atom. The van der Waals surface area contributed by atoms with Crippen LogP contribution in [0.3, 0.4) is 0 Å². The summed E-state index contributed by atoms with van der Waals surface area (Å²) in [6, 6.07) is 7.34. The van der Waals surface area contributed by atoms with Gasteiger partial charge < -0.3 is 5.73 Å². The zero-order chi connectivity index (χ0) is 10.8. The molecule has 5 heteroatoms. The van der Waals surface area contributed by atoms with Crippen LogP contribution in [0.4, 0.5) is 5.82 Å². The third-order valence-electron chi connectivity index (χ3n) is 2.17. The molecule has 0 aliphatic heterocycles. The van der Waals surface area contributed by atoms with Crippen molar-refractivity contribution in [2.24, 2.45) is 0 Å². The molecule has 0 radical (unpaired) electrons. The zero-order valence-corrected chi connectivity index (χ0v) is 9.07. The fourth-order valence-corrected chi connectivity index (χ4v) is 1.56. The van der Waals surface area contributed by atoms with Gasteiger partial charge in [0, 0.05) is 5.02 Å². The number of nitrogen functional groups attached to an aromatic ring is 1. The minimum Gasteiger partial charge on any atom is -0.382 e. The second-order valence-corrected chi connectivity index (χ2v) is 3.60. The second-order valence-electron chi connectivity index (χ2n) is 3.17. The standard InChI is InChI=1S/C10H11ClN4/c1-2-9-10(12)15(14-13-9)8-5-3-4-7(11)6-8/h3-6H,2,12H2,1H3. The van der Waals surface area contributed by atoms with E-state index in [1.165, 1.54) is 0 Å². The van der Waals surface area contributed by atoms with Gasteiger partial charge in [-0.25, -0.2) is 0 Å². The monoisotopic (exact) mass is 222 g/mol. The molecule has 2 aromatic rings. The van der Waals surface area contributed by atoms with Crippen LogP contribution in [0.2, 0.25) is 5.02 Å². The molecule has 78 valence electrons. The molecule has 15 heavy (non-hydrogen) atoms. The molecular weight excluding hydrogens is 212 g/mol. The molecule has 2 rings (SSSR count). The summed E-state index contributed by atoms with van der Waals surface area (Å²) < 4.78 is 1.59. The highest BCUT2D eigenvalue weighted by molar-refractivity contribution is 6.30. The summed E-state index contributed by atoms with van der Waals surface area (Å²) in [6.45, 7) is 1.99. The van der Waals surface area contributed by atoms with Gasteiger partial charge in [0.1, 0.15) is 5.69 Å². The Morgan fingerprint density at radius 1 is 1.47 bits per heavy atom. The summed E-state index contributed by atoms with van der Waals surface area (Å²) in [5.41, 5.74) is 7.52. The van der Waals surface area contributed by atoms with Crippen LogP contribution in [-0.4, -0.2) is 15.0 Å². The maximum absolute atomic E-state index is 5.89. The topological polar surface area (TPSA) is 56.7 Å². The van der Waals surface area contributed by atoms with Gasteiger partial charge >= 0.3 is 0 Å². The lowest BCUT2D eigenvalue weighted by Crippen LogP contribution is -2.02. The number of hydrogen-bond donors (Lipinski definition) is 1. The molecule has 0 spiro atoms. The van der Waals surface area contributed by atoms with Crippen molar-refractivity contribution in [1.29, 1.82) is 0 Å². The number of halogens is 1. The average molecular weight is 223 g/mol. The normalized spacial score (nSPS) is 10.5. The number of anilines is 1. The molecule has 1 aromatic heterocycles. The smallest absolute Gasteiger partial charge is 0.151 e. The molecule has 0 aliphatic carbocycles. The van der Waals surface area contributed by atoms with Crippen molar-refractivity contribution >= 4 is 17.4 Å². The molecule has 0 fully saturated rings. The molecule has 0 aliphatic rings. The fraction of sp³-hybridized carbons (Fsp3) is 0.200. The summed E-state index contributed by atoms with van der Waals surface area (Å²) in [7, 11) is 0. The molecule has 0 atom stereocenters. The molecule has 0 unspecified atom stereocenters. The lowest BCUT2D eigenvalue weighted by molar-refractivity contribution is 0.803. The van der Waals surface area contributed by atoms with Gasteiger partial charge in [0.05, 0.1) is 5.69 Å². The van der Waals surface area contributed by atoms with Crippen LogP contribution < -0.4 is 5.73 Å². The number of hydrogen-bond acceptors (Lipinski definition) is 3. The maximum Gasteiger partial charge on any atom is 0.151 e. The van der Waals surface area contributed by atoms with Crippen LogP contribution >= 0.6 is 11.6 Å². The van der Waals surface area contributed by atoms with Crippen molar-refractivity contribution in [3.05, 3.63) is 35.0 Å². The molecule has 0 saturated carbocycles. The minimum atomic E-state index is 0.569. The molecule has 0 amide bonds. The van der Waals surface area contributed by atoms with E-state index >= 15 is 0 Å². The Kier molecular flexibility index (Phi) is 2.60. The van der Waals surface area contributed by atoms with Crippen LogP contribution in [-0.2, 0) is 6.42 Å². The van der Waals surface area contributed by atoms with Gasteiger partial charge in [-0.05, 0) is 24.6 Å². The highest BCUT2D eigenvalue weighted by Gasteiger charge is 2.08. The molecule has 1 heterocycles. The highest BCUT2D eigenvalue weighted by Crippen LogP contribution is 2.18. The van der Waals surface area contributed by atoms with Gasteiger partial charge in [0.2, 0.25) is 0 Å². The van der Waals surface area contributed by atoms with Gasteiger partial charge in [0.25, 0.3) is 0 Å². The summed E-state index contributed by atoms with van der Waals surface area (Å²) in [6.07, 6.45) is 0.770. The number of rotatable bonds is 2. The Morgan fingerprint density at radius 3 is 2.87 bits per heavy atom. The van der Waals surface area contributed by atoms with E-state index in [0.717, 1.165) is 17.8 Å². The average Bonchev–Trinajstić information content (AvgIpc) is 2.59. The summed E-state index contributed by atoms with van der Waals surface area (Å²) in [4.78, 5) is 0. The van der Waals surface area contributed by atoms with Crippen LogP contribution in [0.15, 0.2) is 24.3 Å². The van der Waals surface area contributed by atoms with Gasteiger partial charge in [-0.1, -0.05) is 29.8 Å². The van der Waals surface area contributed by atoms with E-state index in [1.54, 1.807) is 16.8 Å². The Labute approximate surface area is 92.7 Å². The Balaban J connectivity index is 2.49. The first-order chi connectivity index (χ1) is 7.22. The van der Waals surface area contributed by atoms with Crippen molar-refractivity contribution in [3.63, 3.8) is 0 Å². The first-order valence-electron chi connectivity index (χ1n) is 4.68. The van der Waals surface area contributed by atoms with Crippen molar-refractivity contribution in [1.82, 2.24) is 15.0 Å². The quantitative estimate of drug-likeness (QED) is 0.846. The van der Waals surface area contributed by atoms with Crippen molar-refractivity contribution in [2.45, 2.75) is 13.3 Å². The first-order valence-corrected chi connectivity index (χ1v) is 5.06. The largest absolute Gasteiger partial charge is 0.382 e. The molecule has 0 bridgehead atoms. The van der Waals surface area contributed by atoms with Crippen LogP contribution in [0.25, 0.3) is 5.69 Å². The number of aromatic nitrogens is 3. The van der Waals surface area contributed by atoms with E-state index in [4.69, 9.17) is 17.3 Å². The third-order valence-corrected chi connectivity index (χ3v) is 2.40. The van der Waals surface area contributed by atoms with E-state index < -0.39 is 0 Å². The lowest BCUT2D eigenvalue weighted by atomic mass is 10.3. The fourth-order valence-electron chi connectivity index (χ4n) is 1.37. The number of benzene rings is 1. The molecular formula is C10H11ClN4. The van der Waals surface area contributed by atoms with Crippen LogP contribution in [0.1, 0.15) is 12.6 Å². The van der Waals surface area contributed by atoms with E-state index in [2.05, 4.69) is 10.3 Å². The number of aryl methyl sites for hydroxylation is 1. The summed E-state index contributed by atoms with van der Waals surface area (Å²) >= 11 is 5.89. The molecule has 0 saturated heterocycles. The Bertz CT molecular complexity index is 478. The van der Waals surface area contributed by atoms with Gasteiger partial charge in [-0.15, -0.1) is 5.10 Å². The van der Waals surface area contributed by atoms with E-state index in [9.17, 15) is 0 Å². The Hall–Kier alpha value is -1.55. The van der Waals surface area contributed by atoms with Gasteiger partial charge in [-0.2, -0.15) is 4.68 Å². The predicted molar refractivity (Wildman–Crippen MR) is 60.2 cm³/mol. The van der Waals surface area contributed by atoms with E-state index in [1.807, 2.05) is 19.1 Å². The second kappa shape index (κ2) is 3.90. The zero-order valence-electron chi connectivity index (χ0n) is 8.31. The lowest BCUT2D eigenvalue weighted by Gasteiger charge is -2.02. The van der Waals surface area contributed by atoms with E-state index in [0.29, 0.717) is 10.8 Å². The molecule has 4 nitrogen and oxygen atoms in total. The molecule has 2 N–H and O–H groups in total. The van der Waals surface area contributed by atoms with Gasteiger partial charge in [0.15, 0.2) is 5.82 Å². The van der Waals surface area contributed by atoms with Gasteiger partial charge in [-0.3, -0.25) is 0 Å². The van der Waals surface area contributed by atoms with E-state index in [-0.39, 0.29) is 0 Å². The van der Waals surface area contributed by atoms with Crippen LogP contribution in [0, 0.1) is 0 Å². The van der Waals surface area contributed by atoms with Crippen LogP contribution in [0.5, 0.6) is 0 Å². The number of nitrogens with zero attached hydrogens (tertiary/aromatic N) is 3. The third kappa shape index (κ3) is 1.80. The minimum absolute atomic E-state index is 0.569. The first kappa shape index (κ1) is 9.98. The van der Waals surface area contributed by atoms with Crippen molar-refractivity contribution in [2.75, 3.05) is 5.73 Å². The summed E-state index contributed by atoms with van der Waals surface area (Å²) in [5, 5.41) is 8.62. The molecule has 1 aromatic carbocycles. The SMILES string of the molecule is CCc1nnn(-c2cccc(Cl)c2)c1N. The maximum atomic E-state index is 5.89. The summed E-state index contributed by atoms with van der Waals surface area (Å²) in [5.74, 6) is 0.569. The highest BCUT2D eigenvalue weighted by atomic mass is 35.5.